The molecule has 3 fully saturated rings. The summed E-state index contributed by atoms with van der Waals surface area (Å²) in [6, 6.07) is 3.27. The Bertz CT molecular complexity index is 1770. The molecule has 4 heterocycles. The van der Waals surface area contributed by atoms with Gasteiger partial charge in [-0.1, -0.05) is 22.9 Å². The predicted octanol–water partition coefficient (Wildman–Crippen LogP) is 4.46. The average molecular weight is 622 g/mol. The van der Waals surface area contributed by atoms with E-state index in [1.54, 1.807) is 0 Å². The lowest BCUT2D eigenvalue weighted by atomic mass is 10.0. The van der Waals surface area contributed by atoms with E-state index in [1.165, 1.54) is 29.0 Å². The minimum atomic E-state index is -3.28. The molecule has 4 aromatic rings. The number of carbonyl (C=O) groups is 1. The highest BCUT2D eigenvalue weighted by Gasteiger charge is 2.53. The molecule has 0 spiro atoms. The van der Waals surface area contributed by atoms with Gasteiger partial charge in [-0.3, -0.25) is 10.1 Å². The van der Waals surface area contributed by atoms with Crippen LogP contribution in [0.4, 0.5) is 28.5 Å². The van der Waals surface area contributed by atoms with Crippen molar-refractivity contribution in [3.05, 3.63) is 34.9 Å². The Morgan fingerprint density at radius 3 is 2.69 bits per heavy atom. The predicted molar refractivity (Wildman–Crippen MR) is 151 cm³/mol. The Balaban J connectivity index is 1.29. The number of benzene rings is 2. The summed E-state index contributed by atoms with van der Waals surface area (Å²) >= 11 is 7.53. The Hall–Kier alpha value is -3.49. The Labute approximate surface area is 245 Å². The van der Waals surface area contributed by atoms with E-state index in [2.05, 4.69) is 20.3 Å². The molecule has 0 bridgehead atoms. The normalized spacial score (nSPS) is 22.0. The van der Waals surface area contributed by atoms with Gasteiger partial charge in [-0.25, -0.2) is 22.5 Å². The maximum absolute atomic E-state index is 16.3. The molecule has 1 aliphatic carbocycles. The number of rotatable bonds is 5. The molecule has 3 N–H and O–H groups in total. The van der Waals surface area contributed by atoms with Crippen LogP contribution >= 0.6 is 22.9 Å². The maximum Gasteiger partial charge on any atom is 0.318 e. The fraction of sp³-hybridized carbons (Fsp3) is 0.407. The monoisotopic (exact) mass is 621 g/mol. The van der Waals surface area contributed by atoms with Crippen molar-refractivity contribution < 1.29 is 27.1 Å². The molecular weight excluding hydrogens is 598 g/mol. The molecule has 9 nitrogen and oxygen atoms in total. The SMILES string of the molecule is COc1nc(N2CCN(C(=O)C3NC3C3CC3)CC(F)(F)C2)c2cc(Cl)c(-c3ccc(F)c4sc(N)nc34)c(F)c2n1. The van der Waals surface area contributed by atoms with Crippen molar-refractivity contribution in [2.45, 2.75) is 30.8 Å². The standard InChI is InChI=1S/C27H24ClF4N7O2S/c1-41-26-36-19-13(8-14(28)16(17(19)30)12-4-5-15(29)22-20(12)35-25(33)42-22)23(37-26)38-6-7-39(10-27(31,32)9-38)24(40)21-18(34-21)11-2-3-11/h4-5,8,11,18,21,34H,2-3,6-7,9-10H2,1H3,(H2,33,35). The maximum atomic E-state index is 16.3. The third-order valence-corrected chi connectivity index (χ3v) is 9.11. The molecule has 0 radical (unpaired) electrons. The summed E-state index contributed by atoms with van der Waals surface area (Å²) in [4.78, 5) is 28.2. The number of methoxy groups -OCH3 is 1. The van der Waals surface area contributed by atoms with Crippen LogP contribution in [-0.2, 0) is 4.79 Å². The molecule has 2 unspecified atom stereocenters. The number of hydrogen-bond acceptors (Lipinski definition) is 9. The molecule has 3 aliphatic rings. The fourth-order valence-corrected chi connectivity index (χ4v) is 6.80. The Morgan fingerprint density at radius 2 is 1.95 bits per heavy atom. The first-order valence-corrected chi connectivity index (χ1v) is 14.5. The van der Waals surface area contributed by atoms with Crippen molar-refractivity contribution >= 4 is 60.9 Å². The number of nitrogens with zero attached hydrogens (tertiary/aromatic N) is 5. The van der Waals surface area contributed by atoms with Crippen LogP contribution in [0.25, 0.3) is 32.2 Å². The summed E-state index contributed by atoms with van der Waals surface area (Å²) in [5.74, 6) is -4.66. The quantitative estimate of drug-likeness (QED) is 0.248. The number of alkyl halides is 2. The zero-order chi connectivity index (χ0) is 29.5. The van der Waals surface area contributed by atoms with Gasteiger partial charge in [-0.05, 0) is 37.0 Å². The number of ether oxygens (including phenoxy) is 1. The molecule has 1 amide bonds. The summed E-state index contributed by atoms with van der Waals surface area (Å²) in [6.45, 7) is -1.48. The number of thiazole rings is 1. The second-order valence-electron chi connectivity index (χ2n) is 10.8. The first-order valence-electron chi connectivity index (χ1n) is 13.3. The zero-order valence-electron chi connectivity index (χ0n) is 22.1. The summed E-state index contributed by atoms with van der Waals surface area (Å²) in [5.41, 5.74) is 5.79. The van der Waals surface area contributed by atoms with Gasteiger partial charge < -0.3 is 20.3 Å². The van der Waals surface area contributed by atoms with Gasteiger partial charge >= 0.3 is 6.01 Å². The van der Waals surface area contributed by atoms with Gasteiger partial charge in [-0.2, -0.15) is 9.97 Å². The second-order valence-corrected chi connectivity index (χ2v) is 12.3. The van der Waals surface area contributed by atoms with Gasteiger partial charge in [0.15, 0.2) is 10.9 Å². The average Bonchev–Trinajstić information content (AvgIpc) is 3.86. The Morgan fingerprint density at radius 1 is 1.17 bits per heavy atom. The van der Waals surface area contributed by atoms with E-state index in [1.807, 2.05) is 0 Å². The van der Waals surface area contributed by atoms with E-state index in [0.717, 1.165) is 30.2 Å². The minimum Gasteiger partial charge on any atom is -0.467 e. The van der Waals surface area contributed by atoms with Crippen molar-refractivity contribution in [3.63, 3.8) is 0 Å². The van der Waals surface area contributed by atoms with Crippen LogP contribution in [0.3, 0.4) is 0 Å². The molecule has 2 aromatic carbocycles. The molecule has 1 saturated carbocycles. The third kappa shape index (κ3) is 4.65. The fourth-order valence-electron chi connectivity index (χ4n) is 5.75. The molecule has 220 valence electrons. The number of carbonyl (C=O) groups excluding carboxylic acids is 1. The van der Waals surface area contributed by atoms with Crippen LogP contribution in [0.2, 0.25) is 5.02 Å². The number of nitrogens with two attached hydrogens (primary N) is 1. The molecule has 42 heavy (non-hydrogen) atoms. The molecule has 2 aromatic heterocycles. The topological polar surface area (TPSA) is 119 Å². The lowest BCUT2D eigenvalue weighted by molar-refractivity contribution is -0.134. The zero-order valence-corrected chi connectivity index (χ0v) is 23.7. The molecule has 7 rings (SSSR count). The van der Waals surface area contributed by atoms with E-state index < -0.39 is 36.7 Å². The van der Waals surface area contributed by atoms with Gasteiger partial charge in [0.25, 0.3) is 5.92 Å². The van der Waals surface area contributed by atoms with Gasteiger partial charge in [0.2, 0.25) is 5.91 Å². The van der Waals surface area contributed by atoms with Gasteiger partial charge in [0, 0.05) is 35.6 Å². The van der Waals surface area contributed by atoms with E-state index in [9.17, 15) is 9.18 Å². The first-order chi connectivity index (χ1) is 20.0. The highest BCUT2D eigenvalue weighted by atomic mass is 35.5. The van der Waals surface area contributed by atoms with E-state index >= 15 is 13.2 Å². The second kappa shape index (κ2) is 9.78. The highest BCUT2D eigenvalue weighted by Crippen LogP contribution is 2.43. The van der Waals surface area contributed by atoms with Crippen LogP contribution in [0.15, 0.2) is 18.2 Å². The van der Waals surface area contributed by atoms with E-state index in [0.29, 0.717) is 5.92 Å². The summed E-state index contributed by atoms with van der Waals surface area (Å²) < 4.78 is 66.7. The third-order valence-electron chi connectivity index (χ3n) is 7.92. The van der Waals surface area contributed by atoms with Gasteiger partial charge in [0.1, 0.15) is 23.2 Å². The molecule has 2 atom stereocenters. The van der Waals surface area contributed by atoms with Crippen LogP contribution in [0.5, 0.6) is 6.01 Å². The van der Waals surface area contributed by atoms with Crippen LogP contribution in [0, 0.1) is 17.6 Å². The number of amides is 1. The van der Waals surface area contributed by atoms with E-state index in [-0.39, 0.29) is 79.3 Å². The van der Waals surface area contributed by atoms with Crippen LogP contribution < -0.4 is 20.7 Å². The number of aromatic nitrogens is 3. The lowest BCUT2D eigenvalue weighted by Crippen LogP contribution is -2.44. The van der Waals surface area contributed by atoms with E-state index in [4.69, 9.17) is 22.1 Å². The Kier molecular flexibility index (Phi) is 6.37. The number of halogens is 5. The first kappa shape index (κ1) is 27.3. The molecule has 2 saturated heterocycles. The van der Waals surface area contributed by atoms with Crippen molar-refractivity contribution in [1.29, 1.82) is 0 Å². The number of nitrogens with one attached hydrogen (secondary N) is 1. The molecular formula is C27H24ClF4N7O2S. The van der Waals surface area contributed by atoms with Crippen molar-refractivity contribution in [3.8, 4) is 17.1 Å². The van der Waals surface area contributed by atoms with Gasteiger partial charge in [-0.15, -0.1) is 0 Å². The van der Waals surface area contributed by atoms with Crippen molar-refractivity contribution in [1.82, 2.24) is 25.2 Å². The number of nitrogen functional groups attached to an aromatic ring is 1. The van der Waals surface area contributed by atoms with Gasteiger partial charge in [0.05, 0.1) is 35.4 Å². The highest BCUT2D eigenvalue weighted by molar-refractivity contribution is 7.22. The van der Waals surface area contributed by atoms with Crippen molar-refractivity contribution in [2.24, 2.45) is 5.92 Å². The van der Waals surface area contributed by atoms with Crippen LogP contribution in [-0.4, -0.2) is 77.1 Å². The minimum absolute atomic E-state index is 0.00902. The van der Waals surface area contributed by atoms with Crippen LogP contribution in [0.1, 0.15) is 12.8 Å². The summed E-state index contributed by atoms with van der Waals surface area (Å²) in [7, 11) is 1.28. The molecule has 15 heteroatoms. The number of fused-ring (bicyclic) bond motifs is 2. The largest absolute Gasteiger partial charge is 0.467 e. The molecule has 2 aliphatic heterocycles. The lowest BCUT2D eigenvalue weighted by Gasteiger charge is -2.26. The summed E-state index contributed by atoms with van der Waals surface area (Å²) in [6.07, 6.45) is 2.08. The van der Waals surface area contributed by atoms with Crippen molar-refractivity contribution in [2.75, 3.05) is 43.9 Å². The summed E-state index contributed by atoms with van der Waals surface area (Å²) in [5, 5.41) is 3.21. The smallest absolute Gasteiger partial charge is 0.318 e. The number of anilines is 2. The number of hydrogen-bond donors (Lipinski definition) is 2.